The second-order valence-electron chi connectivity index (χ2n) is 8.31. The summed E-state index contributed by atoms with van der Waals surface area (Å²) in [7, 11) is 0. The second-order valence-corrected chi connectivity index (χ2v) is 9.75. The van der Waals surface area contributed by atoms with Crippen LogP contribution in [0.5, 0.6) is 0 Å². The first kappa shape index (κ1) is 21.6. The first-order valence-electron chi connectivity index (χ1n) is 9.74. The standard InChI is InChI=1S/C23H27ClN2O2S/c1-5-12-25(22(28)23(2,3)4)15-20(27)26-13-10-19-18(11-14-29-19)21(26)16-6-8-17(24)9-7-16/h5-9,11,14,21H,1,10,12-13,15H2,2-4H3. The highest BCUT2D eigenvalue weighted by Gasteiger charge is 2.35. The van der Waals surface area contributed by atoms with Crippen LogP contribution in [-0.4, -0.2) is 41.2 Å². The summed E-state index contributed by atoms with van der Waals surface area (Å²) in [6, 6.07) is 9.59. The molecule has 0 spiro atoms. The summed E-state index contributed by atoms with van der Waals surface area (Å²) >= 11 is 7.81. The quantitative estimate of drug-likeness (QED) is 0.630. The molecule has 6 heteroatoms. The van der Waals surface area contributed by atoms with Crippen molar-refractivity contribution in [3.63, 3.8) is 0 Å². The SMILES string of the molecule is C=CCN(CC(=O)N1CCc2sccc2C1c1ccc(Cl)cc1)C(=O)C(C)(C)C. The lowest BCUT2D eigenvalue weighted by Gasteiger charge is -2.38. The fourth-order valence-corrected chi connectivity index (χ4v) is 4.72. The number of hydrogen-bond acceptors (Lipinski definition) is 3. The molecule has 1 aliphatic rings. The Hall–Kier alpha value is -2.11. The molecule has 0 saturated heterocycles. The van der Waals surface area contributed by atoms with Gasteiger partial charge in [-0.1, -0.05) is 50.6 Å². The Kier molecular flexibility index (Phi) is 6.49. The Morgan fingerprint density at radius 3 is 2.59 bits per heavy atom. The van der Waals surface area contributed by atoms with Crippen molar-refractivity contribution in [2.45, 2.75) is 33.2 Å². The maximum absolute atomic E-state index is 13.4. The lowest BCUT2D eigenvalue weighted by molar-refractivity contribution is -0.145. The highest BCUT2D eigenvalue weighted by Crippen LogP contribution is 2.38. The van der Waals surface area contributed by atoms with Crippen molar-refractivity contribution in [1.29, 1.82) is 0 Å². The number of carbonyl (C=O) groups excluding carboxylic acids is 2. The molecule has 154 valence electrons. The summed E-state index contributed by atoms with van der Waals surface area (Å²) in [4.78, 5) is 31.0. The van der Waals surface area contributed by atoms with Gasteiger partial charge in [-0.05, 0) is 41.1 Å². The van der Waals surface area contributed by atoms with Gasteiger partial charge in [0.1, 0.15) is 6.54 Å². The van der Waals surface area contributed by atoms with Gasteiger partial charge in [0.15, 0.2) is 0 Å². The van der Waals surface area contributed by atoms with Gasteiger partial charge in [0.25, 0.3) is 0 Å². The summed E-state index contributed by atoms with van der Waals surface area (Å²) in [6.07, 6.45) is 2.50. The molecule has 2 amide bonds. The van der Waals surface area contributed by atoms with Gasteiger partial charge in [-0.2, -0.15) is 0 Å². The van der Waals surface area contributed by atoms with Crippen molar-refractivity contribution < 1.29 is 9.59 Å². The number of amides is 2. The lowest BCUT2D eigenvalue weighted by Crippen LogP contribution is -2.49. The fraction of sp³-hybridized carbons (Fsp3) is 0.391. The van der Waals surface area contributed by atoms with Crippen LogP contribution in [0.4, 0.5) is 0 Å². The van der Waals surface area contributed by atoms with Crippen molar-refractivity contribution in [2.24, 2.45) is 5.41 Å². The van der Waals surface area contributed by atoms with E-state index in [1.807, 2.05) is 49.9 Å². The minimum atomic E-state index is -0.554. The van der Waals surface area contributed by atoms with Crippen LogP contribution in [0.15, 0.2) is 48.4 Å². The number of halogens is 1. The first-order valence-corrected chi connectivity index (χ1v) is 11.0. The number of carbonyl (C=O) groups is 2. The predicted octanol–water partition coefficient (Wildman–Crippen LogP) is 4.94. The minimum Gasteiger partial charge on any atom is -0.330 e. The van der Waals surface area contributed by atoms with E-state index in [-0.39, 0.29) is 24.4 Å². The zero-order valence-corrected chi connectivity index (χ0v) is 18.7. The molecular formula is C23H27ClN2O2S. The molecule has 0 fully saturated rings. The van der Waals surface area contributed by atoms with E-state index >= 15 is 0 Å². The van der Waals surface area contributed by atoms with Crippen molar-refractivity contribution in [3.05, 3.63) is 69.4 Å². The Morgan fingerprint density at radius 1 is 1.28 bits per heavy atom. The Labute approximate surface area is 181 Å². The van der Waals surface area contributed by atoms with E-state index in [4.69, 9.17) is 11.6 Å². The van der Waals surface area contributed by atoms with Crippen LogP contribution in [0, 0.1) is 5.41 Å². The molecule has 3 rings (SSSR count). The average Bonchev–Trinajstić information content (AvgIpc) is 3.15. The van der Waals surface area contributed by atoms with Crippen molar-refractivity contribution in [3.8, 4) is 0 Å². The highest BCUT2D eigenvalue weighted by atomic mass is 35.5. The number of nitrogens with zero attached hydrogens (tertiary/aromatic N) is 2. The van der Waals surface area contributed by atoms with E-state index in [0.717, 1.165) is 17.5 Å². The zero-order chi connectivity index (χ0) is 21.2. The van der Waals surface area contributed by atoms with E-state index in [2.05, 4.69) is 18.0 Å². The molecule has 0 N–H and O–H groups in total. The van der Waals surface area contributed by atoms with E-state index < -0.39 is 5.41 Å². The zero-order valence-electron chi connectivity index (χ0n) is 17.2. The average molecular weight is 431 g/mol. The molecule has 29 heavy (non-hydrogen) atoms. The maximum Gasteiger partial charge on any atom is 0.243 e. The molecule has 2 aromatic rings. The Morgan fingerprint density at radius 2 is 1.97 bits per heavy atom. The van der Waals surface area contributed by atoms with Gasteiger partial charge in [-0.3, -0.25) is 9.59 Å². The summed E-state index contributed by atoms with van der Waals surface area (Å²) in [6.45, 7) is 10.4. The molecule has 1 aliphatic heterocycles. The molecule has 4 nitrogen and oxygen atoms in total. The third kappa shape index (κ3) is 4.73. The van der Waals surface area contributed by atoms with Crippen LogP contribution < -0.4 is 0 Å². The number of thiophene rings is 1. The van der Waals surface area contributed by atoms with Gasteiger partial charge in [-0.15, -0.1) is 17.9 Å². The fourth-order valence-electron chi connectivity index (χ4n) is 3.69. The number of rotatable bonds is 5. The van der Waals surface area contributed by atoms with Gasteiger partial charge in [0, 0.05) is 28.4 Å². The van der Waals surface area contributed by atoms with E-state index in [0.29, 0.717) is 18.1 Å². The summed E-state index contributed by atoms with van der Waals surface area (Å²) in [5, 5.41) is 2.75. The van der Waals surface area contributed by atoms with Crippen LogP contribution >= 0.6 is 22.9 Å². The molecule has 0 aliphatic carbocycles. The molecule has 0 bridgehead atoms. The van der Waals surface area contributed by atoms with Gasteiger partial charge in [0.05, 0.1) is 6.04 Å². The van der Waals surface area contributed by atoms with E-state index in [1.165, 1.54) is 4.88 Å². The molecule has 1 aromatic carbocycles. The van der Waals surface area contributed by atoms with Crippen molar-refractivity contribution in [2.75, 3.05) is 19.6 Å². The second kappa shape index (κ2) is 8.72. The molecule has 0 radical (unpaired) electrons. The summed E-state index contributed by atoms with van der Waals surface area (Å²) in [5.74, 6) is -0.108. The molecule has 1 unspecified atom stereocenters. The van der Waals surface area contributed by atoms with Gasteiger partial charge in [0.2, 0.25) is 11.8 Å². The van der Waals surface area contributed by atoms with Gasteiger partial charge >= 0.3 is 0 Å². The number of fused-ring (bicyclic) bond motifs is 1. The molecule has 1 atom stereocenters. The molecule has 1 aromatic heterocycles. The van der Waals surface area contributed by atoms with Crippen LogP contribution in [0.1, 0.15) is 42.8 Å². The number of benzene rings is 1. The molecule has 0 saturated carbocycles. The largest absolute Gasteiger partial charge is 0.330 e. The van der Waals surface area contributed by atoms with Crippen LogP contribution in [-0.2, 0) is 16.0 Å². The van der Waals surface area contributed by atoms with Gasteiger partial charge in [-0.25, -0.2) is 0 Å². The molecular weight excluding hydrogens is 404 g/mol. The predicted molar refractivity (Wildman–Crippen MR) is 119 cm³/mol. The lowest BCUT2D eigenvalue weighted by atomic mass is 9.92. The van der Waals surface area contributed by atoms with E-state index in [1.54, 1.807) is 22.3 Å². The van der Waals surface area contributed by atoms with Crippen LogP contribution in [0.2, 0.25) is 5.02 Å². The Bertz CT molecular complexity index is 898. The maximum atomic E-state index is 13.4. The van der Waals surface area contributed by atoms with Crippen LogP contribution in [0.3, 0.4) is 0 Å². The number of hydrogen-bond donors (Lipinski definition) is 0. The van der Waals surface area contributed by atoms with Gasteiger partial charge < -0.3 is 9.80 Å². The monoisotopic (exact) mass is 430 g/mol. The highest BCUT2D eigenvalue weighted by molar-refractivity contribution is 7.10. The van der Waals surface area contributed by atoms with Crippen LogP contribution in [0.25, 0.3) is 0 Å². The topological polar surface area (TPSA) is 40.6 Å². The van der Waals surface area contributed by atoms with Crippen molar-refractivity contribution >= 4 is 34.8 Å². The smallest absolute Gasteiger partial charge is 0.243 e. The third-order valence-electron chi connectivity index (χ3n) is 5.08. The summed E-state index contributed by atoms with van der Waals surface area (Å²) < 4.78 is 0. The molecule has 2 heterocycles. The van der Waals surface area contributed by atoms with Crippen molar-refractivity contribution in [1.82, 2.24) is 9.80 Å². The normalized spacial score (nSPS) is 16.3. The van der Waals surface area contributed by atoms with E-state index in [9.17, 15) is 9.59 Å². The third-order valence-corrected chi connectivity index (χ3v) is 6.32. The Balaban J connectivity index is 1.90. The first-order chi connectivity index (χ1) is 13.7. The summed E-state index contributed by atoms with van der Waals surface area (Å²) in [5.41, 5.74) is 1.63. The minimum absolute atomic E-state index is 0.0473.